The van der Waals surface area contributed by atoms with E-state index < -0.39 is 0 Å². The van der Waals surface area contributed by atoms with E-state index in [1.165, 1.54) is 0 Å². The van der Waals surface area contributed by atoms with Crippen LogP contribution in [0, 0.1) is 5.41 Å². The van der Waals surface area contributed by atoms with Crippen LogP contribution in [0.5, 0.6) is 0 Å². The van der Waals surface area contributed by atoms with E-state index in [0.717, 1.165) is 50.5 Å². The van der Waals surface area contributed by atoms with Crippen molar-refractivity contribution < 1.29 is 9.59 Å². The summed E-state index contributed by atoms with van der Waals surface area (Å²) < 4.78 is 0. The molecule has 0 saturated carbocycles. The van der Waals surface area contributed by atoms with Gasteiger partial charge in [0, 0.05) is 50.1 Å². The standard InChI is InChI=1S/C21H31N5O2.HI/c1-3-22-19(28)17-8-6-16(7-9-17)13-24-20(23-4-2)26-11-5-10-21(15-26)12-18(27)25-14-21;/h6-9H,3-5,10-15H2,1-2H3,(H,22,28)(H,23,24)(H,25,27);1H. The van der Waals surface area contributed by atoms with Gasteiger partial charge in [-0.1, -0.05) is 12.1 Å². The Kier molecular flexibility index (Phi) is 8.73. The number of halogens is 1. The molecule has 7 nitrogen and oxygen atoms in total. The number of nitrogens with zero attached hydrogens (tertiary/aromatic N) is 2. The van der Waals surface area contributed by atoms with Crippen LogP contribution >= 0.6 is 24.0 Å². The number of carbonyl (C=O) groups excluding carboxylic acids is 2. The van der Waals surface area contributed by atoms with Crippen LogP contribution in [0.3, 0.4) is 0 Å². The molecule has 0 aromatic heterocycles. The van der Waals surface area contributed by atoms with Crippen LogP contribution in [0.4, 0.5) is 0 Å². The van der Waals surface area contributed by atoms with Gasteiger partial charge in [0.2, 0.25) is 5.91 Å². The number of hydrogen-bond acceptors (Lipinski definition) is 3. The molecule has 0 radical (unpaired) electrons. The van der Waals surface area contributed by atoms with E-state index >= 15 is 0 Å². The number of piperidine rings is 1. The summed E-state index contributed by atoms with van der Waals surface area (Å²) in [6.45, 7) is 8.53. The minimum absolute atomic E-state index is 0. The zero-order chi connectivity index (χ0) is 20.0. The van der Waals surface area contributed by atoms with Crippen molar-refractivity contribution in [1.82, 2.24) is 20.9 Å². The van der Waals surface area contributed by atoms with Gasteiger partial charge < -0.3 is 20.9 Å². The Morgan fingerprint density at radius 3 is 2.55 bits per heavy atom. The first-order chi connectivity index (χ1) is 13.5. The van der Waals surface area contributed by atoms with Crippen molar-refractivity contribution in [2.45, 2.75) is 39.7 Å². The maximum Gasteiger partial charge on any atom is 0.251 e. The third-order valence-electron chi connectivity index (χ3n) is 5.46. The largest absolute Gasteiger partial charge is 0.357 e. The van der Waals surface area contributed by atoms with Crippen molar-refractivity contribution >= 4 is 41.8 Å². The molecule has 2 heterocycles. The number of aliphatic imine (C=N–C) groups is 1. The summed E-state index contributed by atoms with van der Waals surface area (Å²) in [5.74, 6) is 1.01. The van der Waals surface area contributed by atoms with Crippen LogP contribution in [0.2, 0.25) is 0 Å². The summed E-state index contributed by atoms with van der Waals surface area (Å²) in [5.41, 5.74) is 1.77. The number of benzene rings is 1. The van der Waals surface area contributed by atoms with E-state index in [0.29, 0.717) is 25.1 Å². The van der Waals surface area contributed by atoms with Gasteiger partial charge in [0.1, 0.15) is 0 Å². The highest BCUT2D eigenvalue weighted by atomic mass is 127. The summed E-state index contributed by atoms with van der Waals surface area (Å²) in [6, 6.07) is 7.59. The maximum absolute atomic E-state index is 11.9. The average Bonchev–Trinajstić information content (AvgIpc) is 3.05. The van der Waals surface area contributed by atoms with Crippen molar-refractivity contribution in [2.75, 3.05) is 32.7 Å². The topological polar surface area (TPSA) is 85.8 Å². The molecule has 29 heavy (non-hydrogen) atoms. The summed E-state index contributed by atoms with van der Waals surface area (Å²) >= 11 is 0. The molecule has 2 aliphatic rings. The van der Waals surface area contributed by atoms with Crippen molar-refractivity contribution in [2.24, 2.45) is 10.4 Å². The molecule has 2 saturated heterocycles. The second kappa shape index (κ2) is 10.8. The number of rotatable bonds is 5. The molecule has 3 rings (SSSR count). The predicted molar refractivity (Wildman–Crippen MR) is 126 cm³/mol. The molecular weight excluding hydrogens is 481 g/mol. The molecule has 2 aliphatic heterocycles. The zero-order valence-electron chi connectivity index (χ0n) is 17.3. The average molecular weight is 513 g/mol. The van der Waals surface area contributed by atoms with Gasteiger partial charge >= 0.3 is 0 Å². The van der Waals surface area contributed by atoms with E-state index in [1.807, 2.05) is 31.2 Å². The SMILES string of the molecule is CCNC(=O)c1ccc(CN=C(NCC)N2CCCC3(CNC(=O)C3)C2)cc1.I. The van der Waals surface area contributed by atoms with Crippen molar-refractivity contribution in [3.63, 3.8) is 0 Å². The fourth-order valence-corrected chi connectivity index (χ4v) is 4.05. The Bertz CT molecular complexity index is 737. The lowest BCUT2D eigenvalue weighted by molar-refractivity contribution is -0.119. The van der Waals surface area contributed by atoms with Gasteiger partial charge in [-0.2, -0.15) is 0 Å². The van der Waals surface area contributed by atoms with E-state index in [4.69, 9.17) is 4.99 Å². The fraction of sp³-hybridized carbons (Fsp3) is 0.571. The van der Waals surface area contributed by atoms with Crippen LogP contribution < -0.4 is 16.0 Å². The molecule has 0 bridgehead atoms. The lowest BCUT2D eigenvalue weighted by Gasteiger charge is -2.40. The van der Waals surface area contributed by atoms with Crippen LogP contribution in [0.15, 0.2) is 29.3 Å². The lowest BCUT2D eigenvalue weighted by Crippen LogP contribution is -2.51. The predicted octanol–water partition coefficient (Wildman–Crippen LogP) is 2.12. The lowest BCUT2D eigenvalue weighted by atomic mass is 9.79. The first kappa shape index (κ1) is 23.4. The molecule has 3 N–H and O–H groups in total. The van der Waals surface area contributed by atoms with Crippen molar-refractivity contribution in [1.29, 1.82) is 0 Å². The minimum atomic E-state index is -0.0516. The monoisotopic (exact) mass is 513 g/mol. The first-order valence-electron chi connectivity index (χ1n) is 10.2. The van der Waals surface area contributed by atoms with E-state index in [1.54, 1.807) is 0 Å². The molecule has 1 unspecified atom stereocenters. The summed E-state index contributed by atoms with van der Waals surface area (Å²) in [6.07, 6.45) is 2.77. The second-order valence-electron chi connectivity index (χ2n) is 7.71. The molecule has 1 aromatic carbocycles. The van der Waals surface area contributed by atoms with Crippen LogP contribution in [-0.4, -0.2) is 55.4 Å². The number of guanidine groups is 1. The third kappa shape index (κ3) is 6.07. The molecule has 8 heteroatoms. The molecule has 2 fully saturated rings. The highest BCUT2D eigenvalue weighted by Gasteiger charge is 2.42. The molecule has 160 valence electrons. The molecule has 1 spiro atoms. The first-order valence-corrected chi connectivity index (χ1v) is 10.2. The van der Waals surface area contributed by atoms with Gasteiger partial charge in [0.15, 0.2) is 5.96 Å². The Balaban J connectivity index is 0.00000300. The Morgan fingerprint density at radius 1 is 1.21 bits per heavy atom. The molecule has 1 atom stereocenters. The van der Waals surface area contributed by atoms with Gasteiger partial charge in [-0.05, 0) is 44.4 Å². The normalized spacial score (nSPS) is 21.5. The highest BCUT2D eigenvalue weighted by molar-refractivity contribution is 14.0. The molecular formula is C21H32IN5O2. The van der Waals surface area contributed by atoms with Crippen molar-refractivity contribution in [3.05, 3.63) is 35.4 Å². The van der Waals surface area contributed by atoms with Gasteiger partial charge in [-0.15, -0.1) is 24.0 Å². The van der Waals surface area contributed by atoms with Crippen LogP contribution in [0.1, 0.15) is 49.0 Å². The molecule has 2 amide bonds. The maximum atomic E-state index is 11.9. The van der Waals surface area contributed by atoms with E-state index in [2.05, 4.69) is 27.8 Å². The summed E-state index contributed by atoms with van der Waals surface area (Å²) in [7, 11) is 0. The Morgan fingerprint density at radius 2 is 1.93 bits per heavy atom. The van der Waals surface area contributed by atoms with E-state index in [9.17, 15) is 9.59 Å². The summed E-state index contributed by atoms with van der Waals surface area (Å²) in [5, 5.41) is 9.19. The van der Waals surface area contributed by atoms with Gasteiger partial charge in [-0.3, -0.25) is 9.59 Å². The number of carbonyl (C=O) groups is 2. The highest BCUT2D eigenvalue weighted by Crippen LogP contribution is 2.36. The van der Waals surface area contributed by atoms with E-state index in [-0.39, 0.29) is 41.2 Å². The van der Waals surface area contributed by atoms with Gasteiger partial charge in [-0.25, -0.2) is 4.99 Å². The van der Waals surface area contributed by atoms with Gasteiger partial charge in [0.05, 0.1) is 6.54 Å². The Labute approximate surface area is 190 Å². The number of hydrogen-bond donors (Lipinski definition) is 3. The molecule has 1 aromatic rings. The summed E-state index contributed by atoms with van der Waals surface area (Å²) in [4.78, 5) is 30.7. The van der Waals surface area contributed by atoms with Gasteiger partial charge in [0.25, 0.3) is 5.91 Å². The fourth-order valence-electron chi connectivity index (χ4n) is 4.05. The third-order valence-corrected chi connectivity index (χ3v) is 5.46. The number of nitrogens with one attached hydrogen (secondary N) is 3. The Hall–Kier alpha value is -1.84. The number of amides is 2. The second-order valence-corrected chi connectivity index (χ2v) is 7.71. The molecule has 0 aliphatic carbocycles. The number of likely N-dealkylation sites (tertiary alicyclic amines) is 1. The zero-order valence-corrected chi connectivity index (χ0v) is 19.6. The van der Waals surface area contributed by atoms with Crippen LogP contribution in [-0.2, 0) is 11.3 Å². The van der Waals surface area contributed by atoms with Crippen LogP contribution in [0.25, 0.3) is 0 Å². The minimum Gasteiger partial charge on any atom is -0.357 e. The smallest absolute Gasteiger partial charge is 0.251 e. The quantitative estimate of drug-likeness (QED) is 0.320. The van der Waals surface area contributed by atoms with Crippen molar-refractivity contribution in [3.8, 4) is 0 Å².